The second-order valence-corrected chi connectivity index (χ2v) is 9.00. The fourth-order valence-electron chi connectivity index (χ4n) is 2.67. The van der Waals surface area contributed by atoms with Gasteiger partial charge in [-0.3, -0.25) is 4.79 Å². The van der Waals surface area contributed by atoms with E-state index in [2.05, 4.69) is 20.6 Å². The normalized spacial score (nSPS) is 17.0. The van der Waals surface area contributed by atoms with Crippen LogP contribution >= 0.6 is 0 Å². The van der Waals surface area contributed by atoms with E-state index in [0.717, 1.165) is 24.5 Å². The molecule has 1 saturated carbocycles. The highest BCUT2D eigenvalue weighted by atomic mass is 32.2. The fraction of sp³-hybridized carbons (Fsp3) is 0.350. The predicted octanol–water partition coefficient (Wildman–Crippen LogP) is 3.17. The lowest BCUT2D eigenvalue weighted by atomic mass is 10.1. The molecular formula is C20H21F3N4O3S. The quantitative estimate of drug-likeness (QED) is 0.633. The minimum Gasteiger partial charge on any atom is -0.365 e. The van der Waals surface area contributed by atoms with E-state index in [4.69, 9.17) is 2.74 Å². The van der Waals surface area contributed by atoms with Crippen molar-refractivity contribution in [2.24, 2.45) is 5.92 Å². The minimum atomic E-state index is -4.92. The maximum absolute atomic E-state index is 13.2. The highest BCUT2D eigenvalue weighted by Gasteiger charge is 2.36. The van der Waals surface area contributed by atoms with E-state index in [1.165, 1.54) is 18.2 Å². The first-order chi connectivity index (χ1) is 15.3. The number of hydrogen-bond donors (Lipinski definition) is 2. The number of alkyl halides is 3. The molecule has 31 heavy (non-hydrogen) atoms. The van der Waals surface area contributed by atoms with Gasteiger partial charge in [0.1, 0.15) is 11.4 Å². The highest BCUT2D eigenvalue weighted by Crippen LogP contribution is 2.34. The molecule has 1 heterocycles. The number of benzene rings is 1. The van der Waals surface area contributed by atoms with Gasteiger partial charge in [0.05, 0.1) is 8.78 Å². The van der Waals surface area contributed by atoms with Crippen LogP contribution in [0.1, 0.15) is 37.3 Å². The van der Waals surface area contributed by atoms with Gasteiger partial charge in [-0.05, 0) is 24.3 Å². The van der Waals surface area contributed by atoms with Gasteiger partial charge in [-0.2, -0.15) is 13.2 Å². The summed E-state index contributed by atoms with van der Waals surface area (Å²) in [4.78, 5) is 19.5. The molecule has 2 N–H and O–H groups in total. The van der Waals surface area contributed by atoms with Crippen molar-refractivity contribution < 1.29 is 29.1 Å². The summed E-state index contributed by atoms with van der Waals surface area (Å²) in [5.41, 5.74) is -0.309. The second-order valence-electron chi connectivity index (χ2n) is 7.06. The first kappa shape index (κ1) is 20.0. The van der Waals surface area contributed by atoms with Crippen molar-refractivity contribution in [3.05, 3.63) is 65.0 Å². The third kappa shape index (κ3) is 6.78. The lowest BCUT2D eigenvalue weighted by Gasteiger charge is -2.17. The Balaban J connectivity index is 1.95. The highest BCUT2D eigenvalue weighted by molar-refractivity contribution is 7.93. The molecule has 3 rings (SSSR count). The number of sulfone groups is 1. The Kier molecular flexibility index (Phi) is 5.83. The molecule has 1 aliphatic rings. The molecule has 1 atom stereocenters. The van der Waals surface area contributed by atoms with E-state index < -0.39 is 51.7 Å². The van der Waals surface area contributed by atoms with Crippen LogP contribution in [-0.4, -0.2) is 36.6 Å². The van der Waals surface area contributed by atoms with Crippen LogP contribution in [0.15, 0.2) is 48.0 Å². The number of carbonyl (C=O) groups excluding carboxylic acids is 1. The summed E-state index contributed by atoms with van der Waals surface area (Å²) in [6.45, 7) is -2.36. The number of amides is 1. The molecule has 0 saturated heterocycles. The number of carbonyl (C=O) groups is 1. The number of anilines is 1. The Morgan fingerprint density at radius 2 is 2.00 bits per heavy atom. The Bertz CT molecular complexity index is 1150. The molecule has 1 amide bonds. The summed E-state index contributed by atoms with van der Waals surface area (Å²) in [5, 5.41) is 5.81. The number of nitrogens with one attached hydrogen (secondary N) is 2. The number of halogens is 3. The molecular weight excluding hydrogens is 433 g/mol. The predicted molar refractivity (Wildman–Crippen MR) is 109 cm³/mol. The largest absolute Gasteiger partial charge is 0.451 e. The average Bonchev–Trinajstić information content (AvgIpc) is 3.55. The maximum atomic E-state index is 13.2. The van der Waals surface area contributed by atoms with Crippen molar-refractivity contribution in [2.75, 3.05) is 11.6 Å². The van der Waals surface area contributed by atoms with Crippen molar-refractivity contribution in [2.45, 2.75) is 31.6 Å². The monoisotopic (exact) mass is 456 g/mol. The molecule has 1 aromatic heterocycles. The van der Waals surface area contributed by atoms with Gasteiger partial charge in [-0.25, -0.2) is 18.4 Å². The van der Waals surface area contributed by atoms with E-state index >= 15 is 0 Å². The van der Waals surface area contributed by atoms with Gasteiger partial charge in [0.2, 0.25) is 5.82 Å². The molecule has 0 bridgehead atoms. The minimum absolute atomic E-state index is 0.0190. The molecule has 1 fully saturated rings. The average molecular weight is 456 g/mol. The number of nitrogens with zero attached hydrogens (tertiary/aromatic N) is 2. The van der Waals surface area contributed by atoms with Crippen molar-refractivity contribution in [3.8, 4) is 0 Å². The Morgan fingerprint density at radius 1 is 1.32 bits per heavy atom. The number of hydrogen-bond acceptors (Lipinski definition) is 6. The summed E-state index contributed by atoms with van der Waals surface area (Å²) >= 11 is 0. The summed E-state index contributed by atoms with van der Waals surface area (Å²) in [7, 11) is -3.45. The lowest BCUT2D eigenvalue weighted by Crippen LogP contribution is -2.36. The summed E-state index contributed by atoms with van der Waals surface area (Å²) < 4.78 is 78.9. The van der Waals surface area contributed by atoms with E-state index in [1.54, 1.807) is 18.2 Å². The van der Waals surface area contributed by atoms with Crippen LogP contribution in [0.5, 0.6) is 0 Å². The second kappa shape index (κ2) is 9.04. The topological polar surface area (TPSA) is 101 Å². The Morgan fingerprint density at radius 3 is 2.58 bits per heavy atom. The summed E-state index contributed by atoms with van der Waals surface area (Å²) in [6, 6.07) is 6.94. The molecule has 11 heteroatoms. The zero-order valence-electron chi connectivity index (χ0n) is 18.3. The standard InChI is InChI=1S/C20H21F3N4O3S/c1-31(29,30)10-9-16(14-7-8-14)26-18(28)15-12-25-19(20(21,22)23)27-17(15)24-11-13-5-3-2-4-6-13/h2-6,9-10,12,14,16H,7-8,11H2,1H3,(H,26,28)(H,24,25,27)/b10-9+/t16-/m1/s1/i11D2. The van der Waals surface area contributed by atoms with E-state index in [1.807, 2.05) is 0 Å². The van der Waals surface area contributed by atoms with Crippen LogP contribution < -0.4 is 10.6 Å². The van der Waals surface area contributed by atoms with E-state index in [-0.39, 0.29) is 11.5 Å². The molecule has 1 aliphatic carbocycles. The van der Waals surface area contributed by atoms with Gasteiger partial charge in [0.15, 0.2) is 9.84 Å². The van der Waals surface area contributed by atoms with Crippen molar-refractivity contribution in [1.29, 1.82) is 0 Å². The fourth-order valence-corrected chi connectivity index (χ4v) is 3.12. The van der Waals surface area contributed by atoms with Crippen LogP contribution in [0.4, 0.5) is 19.0 Å². The van der Waals surface area contributed by atoms with Gasteiger partial charge < -0.3 is 10.6 Å². The van der Waals surface area contributed by atoms with E-state index in [0.29, 0.717) is 6.20 Å². The van der Waals surface area contributed by atoms with Crippen LogP contribution in [0, 0.1) is 5.92 Å². The van der Waals surface area contributed by atoms with E-state index in [9.17, 15) is 26.4 Å². The van der Waals surface area contributed by atoms with Gasteiger partial charge in [0.25, 0.3) is 5.91 Å². The lowest BCUT2D eigenvalue weighted by molar-refractivity contribution is -0.144. The summed E-state index contributed by atoms with van der Waals surface area (Å²) in [6.07, 6.45) is -0.466. The molecule has 166 valence electrons. The van der Waals surface area contributed by atoms with Crippen molar-refractivity contribution in [3.63, 3.8) is 0 Å². The Hall–Kier alpha value is -2.95. The SMILES string of the molecule is [2H]C([2H])(Nc1nc(C(F)(F)F)ncc1C(=O)N[C@H](/C=C/S(C)(=O)=O)C1CC1)c1ccccc1. The van der Waals surface area contributed by atoms with Gasteiger partial charge in [0, 0.05) is 24.4 Å². The van der Waals surface area contributed by atoms with Crippen LogP contribution in [0.25, 0.3) is 0 Å². The molecule has 1 aromatic carbocycles. The molecule has 0 spiro atoms. The zero-order valence-corrected chi connectivity index (χ0v) is 17.2. The number of aromatic nitrogens is 2. The van der Waals surface area contributed by atoms with Gasteiger partial charge in [-0.15, -0.1) is 0 Å². The van der Waals surface area contributed by atoms with Gasteiger partial charge in [-0.1, -0.05) is 36.4 Å². The first-order valence-electron chi connectivity index (χ1n) is 10.2. The van der Waals surface area contributed by atoms with Crippen molar-refractivity contribution >= 4 is 21.6 Å². The smallest absolute Gasteiger partial charge is 0.365 e. The van der Waals surface area contributed by atoms with Crippen LogP contribution in [0.3, 0.4) is 0 Å². The molecule has 0 aliphatic heterocycles. The van der Waals surface area contributed by atoms with Crippen LogP contribution in [0.2, 0.25) is 0 Å². The van der Waals surface area contributed by atoms with Crippen molar-refractivity contribution in [1.82, 2.24) is 15.3 Å². The number of rotatable bonds is 8. The molecule has 7 nitrogen and oxygen atoms in total. The third-order valence-corrected chi connectivity index (χ3v) is 5.00. The third-order valence-electron chi connectivity index (χ3n) is 4.35. The van der Waals surface area contributed by atoms with Gasteiger partial charge >= 0.3 is 6.18 Å². The Labute approximate surface area is 180 Å². The summed E-state index contributed by atoms with van der Waals surface area (Å²) in [5.74, 6) is -3.08. The first-order valence-corrected chi connectivity index (χ1v) is 11.2. The van der Waals surface area contributed by atoms with Crippen LogP contribution in [-0.2, 0) is 22.5 Å². The molecule has 0 radical (unpaired) electrons. The molecule has 0 unspecified atom stereocenters. The molecule has 2 aromatic rings. The zero-order chi connectivity index (χ0) is 24.4. The maximum Gasteiger partial charge on any atom is 0.451 e.